The van der Waals surface area contributed by atoms with Gasteiger partial charge in [-0.25, -0.2) is 0 Å². The standard InChI is InChI=1S/C13H19F3N4OS/c1-8-5-3-4-6-9(8)17-10(21)7-22-12-19-18-11(20(12)2)13(14,15)16/h8-9H,3-7H2,1-2H3,(H,17,21)/t8-,9+/m1/s1. The molecular formula is C13H19F3N4OS. The van der Waals surface area contributed by atoms with Gasteiger partial charge in [0.2, 0.25) is 11.7 Å². The third kappa shape index (κ3) is 4.15. The summed E-state index contributed by atoms with van der Waals surface area (Å²) in [5.41, 5.74) is 0. The summed E-state index contributed by atoms with van der Waals surface area (Å²) in [7, 11) is 1.24. The number of alkyl halides is 3. The Labute approximate surface area is 131 Å². The van der Waals surface area contributed by atoms with Crippen molar-refractivity contribution in [3.05, 3.63) is 5.82 Å². The maximum atomic E-state index is 12.6. The summed E-state index contributed by atoms with van der Waals surface area (Å²) < 4.78 is 38.7. The Morgan fingerprint density at radius 3 is 2.64 bits per heavy atom. The summed E-state index contributed by atoms with van der Waals surface area (Å²) in [6.45, 7) is 2.11. The van der Waals surface area contributed by atoms with Gasteiger partial charge in [-0.2, -0.15) is 13.2 Å². The fourth-order valence-electron chi connectivity index (χ4n) is 2.60. The third-order valence-electron chi connectivity index (χ3n) is 3.88. The molecule has 0 radical (unpaired) electrons. The van der Waals surface area contributed by atoms with Crippen LogP contribution in [0, 0.1) is 5.92 Å². The minimum atomic E-state index is -4.54. The molecule has 1 fully saturated rings. The van der Waals surface area contributed by atoms with E-state index in [1.165, 1.54) is 13.5 Å². The van der Waals surface area contributed by atoms with E-state index in [0.29, 0.717) is 5.92 Å². The second-order valence-corrected chi connectivity index (χ2v) is 6.53. The van der Waals surface area contributed by atoms with Gasteiger partial charge in [-0.05, 0) is 18.8 Å². The maximum Gasteiger partial charge on any atom is 0.451 e. The molecule has 1 aromatic rings. The number of halogens is 3. The van der Waals surface area contributed by atoms with Crippen LogP contribution in [0.3, 0.4) is 0 Å². The predicted molar refractivity (Wildman–Crippen MR) is 76.3 cm³/mol. The molecule has 0 aliphatic heterocycles. The van der Waals surface area contributed by atoms with Gasteiger partial charge in [0.1, 0.15) is 0 Å². The predicted octanol–water partition coefficient (Wildman–Crippen LogP) is 2.62. The molecule has 0 unspecified atom stereocenters. The van der Waals surface area contributed by atoms with Crippen molar-refractivity contribution in [2.75, 3.05) is 5.75 Å². The average molecular weight is 336 g/mol. The number of hydrogen-bond acceptors (Lipinski definition) is 4. The molecule has 1 aromatic heterocycles. The maximum absolute atomic E-state index is 12.6. The first-order valence-electron chi connectivity index (χ1n) is 7.17. The number of hydrogen-bond donors (Lipinski definition) is 1. The van der Waals surface area contributed by atoms with E-state index in [9.17, 15) is 18.0 Å². The monoisotopic (exact) mass is 336 g/mol. The number of nitrogens with one attached hydrogen (secondary N) is 1. The first-order valence-corrected chi connectivity index (χ1v) is 8.16. The van der Waals surface area contributed by atoms with Crippen molar-refractivity contribution < 1.29 is 18.0 Å². The molecule has 2 atom stereocenters. The molecule has 0 bridgehead atoms. The average Bonchev–Trinajstić information content (AvgIpc) is 2.80. The van der Waals surface area contributed by atoms with Crippen molar-refractivity contribution in [3.63, 3.8) is 0 Å². The quantitative estimate of drug-likeness (QED) is 0.859. The van der Waals surface area contributed by atoms with Gasteiger partial charge in [0, 0.05) is 13.1 Å². The van der Waals surface area contributed by atoms with Crippen LogP contribution >= 0.6 is 11.8 Å². The van der Waals surface area contributed by atoms with Crippen LogP contribution in [0.2, 0.25) is 0 Å². The molecule has 1 saturated carbocycles. The third-order valence-corrected chi connectivity index (χ3v) is 4.90. The van der Waals surface area contributed by atoms with E-state index < -0.39 is 12.0 Å². The Bertz CT molecular complexity index is 532. The summed E-state index contributed by atoms with van der Waals surface area (Å²) in [5.74, 6) is -0.765. The van der Waals surface area contributed by atoms with Crippen molar-refractivity contribution in [1.29, 1.82) is 0 Å². The lowest BCUT2D eigenvalue weighted by Crippen LogP contribution is -2.41. The SMILES string of the molecule is C[C@@H]1CCCC[C@@H]1NC(=O)CSc1nnc(C(F)(F)F)n1C. The number of rotatable bonds is 4. The fraction of sp³-hybridized carbons (Fsp3) is 0.769. The second kappa shape index (κ2) is 6.89. The van der Waals surface area contributed by atoms with Crippen LogP contribution < -0.4 is 5.32 Å². The van der Waals surface area contributed by atoms with Gasteiger partial charge in [-0.1, -0.05) is 31.5 Å². The van der Waals surface area contributed by atoms with Crippen molar-refractivity contribution >= 4 is 17.7 Å². The number of nitrogens with zero attached hydrogens (tertiary/aromatic N) is 3. The van der Waals surface area contributed by atoms with Crippen LogP contribution in [0.5, 0.6) is 0 Å². The zero-order chi connectivity index (χ0) is 16.3. The molecule has 0 saturated heterocycles. The zero-order valence-electron chi connectivity index (χ0n) is 12.5. The largest absolute Gasteiger partial charge is 0.451 e. The molecule has 1 amide bonds. The molecule has 0 spiro atoms. The van der Waals surface area contributed by atoms with E-state index in [1.54, 1.807) is 0 Å². The smallest absolute Gasteiger partial charge is 0.352 e. The molecule has 1 N–H and O–H groups in total. The summed E-state index contributed by atoms with van der Waals surface area (Å²) in [6.07, 6.45) is -0.210. The van der Waals surface area contributed by atoms with Crippen LogP contribution in [0.25, 0.3) is 0 Å². The highest BCUT2D eigenvalue weighted by atomic mass is 32.2. The number of amides is 1. The lowest BCUT2D eigenvalue weighted by atomic mass is 9.86. The lowest BCUT2D eigenvalue weighted by Gasteiger charge is -2.29. The van der Waals surface area contributed by atoms with Gasteiger partial charge in [-0.3, -0.25) is 4.79 Å². The molecule has 2 rings (SSSR count). The topological polar surface area (TPSA) is 59.8 Å². The van der Waals surface area contributed by atoms with Gasteiger partial charge in [0.05, 0.1) is 5.75 Å². The Morgan fingerprint density at radius 1 is 1.36 bits per heavy atom. The summed E-state index contributed by atoms with van der Waals surface area (Å²) >= 11 is 0.959. The Kier molecular flexibility index (Phi) is 5.36. The molecular weight excluding hydrogens is 317 g/mol. The van der Waals surface area contributed by atoms with E-state index in [0.717, 1.165) is 35.6 Å². The molecule has 9 heteroatoms. The summed E-state index contributed by atoms with van der Waals surface area (Å²) in [5, 5.41) is 9.66. The van der Waals surface area contributed by atoms with Gasteiger partial charge in [0.15, 0.2) is 5.16 Å². The first-order chi connectivity index (χ1) is 10.3. The van der Waals surface area contributed by atoms with Crippen LogP contribution in [0.4, 0.5) is 13.2 Å². The van der Waals surface area contributed by atoms with Crippen molar-refractivity contribution in [3.8, 4) is 0 Å². The lowest BCUT2D eigenvalue weighted by molar-refractivity contribution is -0.147. The van der Waals surface area contributed by atoms with Gasteiger partial charge in [0.25, 0.3) is 0 Å². The number of carbonyl (C=O) groups is 1. The fourth-order valence-corrected chi connectivity index (χ4v) is 3.32. The van der Waals surface area contributed by atoms with Crippen molar-refractivity contribution in [1.82, 2.24) is 20.1 Å². The molecule has 5 nitrogen and oxygen atoms in total. The normalized spacial score (nSPS) is 22.6. The summed E-state index contributed by atoms with van der Waals surface area (Å²) in [6, 6.07) is 0.159. The zero-order valence-corrected chi connectivity index (χ0v) is 13.3. The highest BCUT2D eigenvalue weighted by Crippen LogP contribution is 2.29. The van der Waals surface area contributed by atoms with Gasteiger partial charge < -0.3 is 9.88 Å². The highest BCUT2D eigenvalue weighted by molar-refractivity contribution is 7.99. The number of carbonyl (C=O) groups excluding carboxylic acids is 1. The van der Waals surface area contributed by atoms with Gasteiger partial charge in [-0.15, -0.1) is 10.2 Å². The van der Waals surface area contributed by atoms with E-state index in [1.807, 2.05) is 0 Å². The summed E-state index contributed by atoms with van der Waals surface area (Å²) in [4.78, 5) is 11.9. The molecule has 22 heavy (non-hydrogen) atoms. The van der Waals surface area contributed by atoms with Crippen LogP contribution in [0.1, 0.15) is 38.4 Å². The van der Waals surface area contributed by atoms with Crippen LogP contribution in [0.15, 0.2) is 5.16 Å². The van der Waals surface area contributed by atoms with Gasteiger partial charge >= 0.3 is 6.18 Å². The Hall–Kier alpha value is -1.25. The number of thioether (sulfide) groups is 1. The Morgan fingerprint density at radius 2 is 2.05 bits per heavy atom. The van der Waals surface area contributed by atoms with Crippen molar-refractivity contribution in [2.45, 2.75) is 50.0 Å². The molecule has 1 aliphatic carbocycles. The van der Waals surface area contributed by atoms with Crippen LogP contribution in [-0.2, 0) is 18.0 Å². The Balaban J connectivity index is 1.87. The van der Waals surface area contributed by atoms with E-state index in [-0.39, 0.29) is 22.9 Å². The molecule has 1 heterocycles. The second-order valence-electron chi connectivity index (χ2n) is 5.59. The molecule has 124 valence electrons. The minimum absolute atomic E-state index is 0.0348. The minimum Gasteiger partial charge on any atom is -0.352 e. The van der Waals surface area contributed by atoms with E-state index in [4.69, 9.17) is 0 Å². The van der Waals surface area contributed by atoms with Crippen LogP contribution in [-0.4, -0.2) is 32.5 Å². The van der Waals surface area contributed by atoms with Crippen molar-refractivity contribution in [2.24, 2.45) is 13.0 Å². The first kappa shape index (κ1) is 17.1. The van der Waals surface area contributed by atoms with E-state index >= 15 is 0 Å². The molecule has 1 aliphatic rings. The highest BCUT2D eigenvalue weighted by Gasteiger charge is 2.37. The molecule has 0 aromatic carbocycles. The van der Waals surface area contributed by atoms with E-state index in [2.05, 4.69) is 22.4 Å². The number of aromatic nitrogens is 3.